The van der Waals surface area contributed by atoms with Crippen molar-refractivity contribution in [2.75, 3.05) is 11.1 Å². The summed E-state index contributed by atoms with van der Waals surface area (Å²) in [5.41, 5.74) is 5.75. The first-order chi connectivity index (χ1) is 8.54. The Bertz CT molecular complexity index is 584. The van der Waals surface area contributed by atoms with Gasteiger partial charge in [-0.2, -0.15) is 5.10 Å². The smallest absolute Gasteiger partial charge is 0.246 e. The minimum atomic E-state index is -0.585. The lowest BCUT2D eigenvalue weighted by molar-refractivity contribution is -0.116. The van der Waals surface area contributed by atoms with Gasteiger partial charge in [0.1, 0.15) is 18.2 Å². The lowest BCUT2D eigenvalue weighted by Crippen LogP contribution is -2.19. The van der Waals surface area contributed by atoms with Gasteiger partial charge in [-0.15, -0.1) is 0 Å². The third-order valence-electron chi connectivity index (χ3n) is 2.17. The van der Waals surface area contributed by atoms with Crippen molar-refractivity contribution < 1.29 is 9.18 Å². The SMILES string of the molecule is Nc1ccn(CC(=O)Nc2ccc(Cl)c(F)c2)n1. The molecule has 0 aliphatic heterocycles. The van der Waals surface area contributed by atoms with Gasteiger partial charge in [0.25, 0.3) is 0 Å². The zero-order valence-corrected chi connectivity index (χ0v) is 9.99. The number of nitrogens with two attached hydrogens (primary N) is 1. The van der Waals surface area contributed by atoms with Crippen LogP contribution in [0.3, 0.4) is 0 Å². The first-order valence-electron chi connectivity index (χ1n) is 5.08. The molecule has 0 aliphatic carbocycles. The van der Waals surface area contributed by atoms with E-state index in [9.17, 15) is 9.18 Å². The lowest BCUT2D eigenvalue weighted by Gasteiger charge is -2.05. The van der Waals surface area contributed by atoms with Crippen molar-refractivity contribution >= 4 is 29.0 Å². The Morgan fingerprint density at radius 1 is 1.50 bits per heavy atom. The first kappa shape index (κ1) is 12.4. The minimum Gasteiger partial charge on any atom is -0.382 e. The fraction of sp³-hybridized carbons (Fsp3) is 0.0909. The monoisotopic (exact) mass is 268 g/mol. The van der Waals surface area contributed by atoms with Crippen molar-refractivity contribution in [2.45, 2.75) is 6.54 Å². The number of nitrogen functional groups attached to an aromatic ring is 1. The molecule has 0 unspecified atom stereocenters. The molecule has 0 aliphatic rings. The summed E-state index contributed by atoms with van der Waals surface area (Å²) in [6.45, 7) is 0.00143. The van der Waals surface area contributed by atoms with Crippen molar-refractivity contribution in [1.29, 1.82) is 0 Å². The zero-order chi connectivity index (χ0) is 13.1. The Labute approximate surface area is 107 Å². The highest BCUT2D eigenvalue weighted by Crippen LogP contribution is 2.18. The van der Waals surface area contributed by atoms with Crippen molar-refractivity contribution in [3.63, 3.8) is 0 Å². The van der Waals surface area contributed by atoms with E-state index >= 15 is 0 Å². The Hall–Kier alpha value is -2.08. The van der Waals surface area contributed by atoms with Gasteiger partial charge >= 0.3 is 0 Å². The molecule has 3 N–H and O–H groups in total. The van der Waals surface area contributed by atoms with E-state index in [0.29, 0.717) is 11.5 Å². The lowest BCUT2D eigenvalue weighted by atomic mass is 10.3. The maximum Gasteiger partial charge on any atom is 0.246 e. The van der Waals surface area contributed by atoms with E-state index in [1.165, 1.54) is 16.8 Å². The number of carbonyl (C=O) groups is 1. The van der Waals surface area contributed by atoms with Gasteiger partial charge in [-0.25, -0.2) is 4.39 Å². The third-order valence-corrected chi connectivity index (χ3v) is 2.48. The number of rotatable bonds is 3. The molecule has 0 fully saturated rings. The summed E-state index contributed by atoms with van der Waals surface area (Å²) in [6, 6.07) is 5.62. The molecule has 0 bridgehead atoms. The molecule has 94 valence electrons. The number of nitrogens with one attached hydrogen (secondary N) is 1. The molecule has 1 heterocycles. The molecular weight excluding hydrogens is 259 g/mol. The van der Waals surface area contributed by atoms with Crippen molar-refractivity contribution in [1.82, 2.24) is 9.78 Å². The number of hydrogen-bond acceptors (Lipinski definition) is 3. The number of nitrogens with zero attached hydrogens (tertiary/aromatic N) is 2. The van der Waals surface area contributed by atoms with E-state index < -0.39 is 5.82 Å². The van der Waals surface area contributed by atoms with E-state index in [4.69, 9.17) is 17.3 Å². The number of aromatic nitrogens is 2. The van der Waals surface area contributed by atoms with Crippen LogP contribution in [0.4, 0.5) is 15.9 Å². The molecule has 7 heteroatoms. The van der Waals surface area contributed by atoms with Gasteiger partial charge in [-0.05, 0) is 24.3 Å². The highest BCUT2D eigenvalue weighted by Gasteiger charge is 2.06. The molecule has 0 atom stereocenters. The number of benzene rings is 1. The van der Waals surface area contributed by atoms with Crippen molar-refractivity contribution in [3.05, 3.63) is 41.3 Å². The van der Waals surface area contributed by atoms with E-state index in [1.54, 1.807) is 12.3 Å². The average Bonchev–Trinajstić information content (AvgIpc) is 2.69. The number of carbonyl (C=O) groups excluding carboxylic acids is 1. The Kier molecular flexibility index (Phi) is 3.47. The summed E-state index contributed by atoms with van der Waals surface area (Å²) in [5.74, 6) is -0.585. The van der Waals surface area contributed by atoms with Gasteiger partial charge in [-0.1, -0.05) is 11.6 Å². The second-order valence-corrected chi connectivity index (χ2v) is 4.02. The predicted molar refractivity (Wildman–Crippen MR) is 66.7 cm³/mol. The van der Waals surface area contributed by atoms with Crippen LogP contribution in [0.5, 0.6) is 0 Å². The molecular formula is C11H10ClFN4O. The molecule has 0 saturated heterocycles. The molecule has 5 nitrogen and oxygen atoms in total. The van der Waals surface area contributed by atoms with Crippen LogP contribution < -0.4 is 11.1 Å². The fourth-order valence-electron chi connectivity index (χ4n) is 1.39. The summed E-state index contributed by atoms with van der Waals surface area (Å²) in [4.78, 5) is 11.6. The minimum absolute atomic E-state index is 0.00143. The van der Waals surface area contributed by atoms with Gasteiger partial charge in [0, 0.05) is 11.9 Å². The number of amides is 1. The molecule has 2 aromatic rings. The average molecular weight is 269 g/mol. The zero-order valence-electron chi connectivity index (χ0n) is 9.23. The predicted octanol–water partition coefficient (Wildman–Crippen LogP) is 1.90. The number of anilines is 2. The van der Waals surface area contributed by atoms with Crippen LogP contribution >= 0.6 is 11.6 Å². The highest BCUT2D eigenvalue weighted by molar-refractivity contribution is 6.30. The molecule has 2 rings (SSSR count). The van der Waals surface area contributed by atoms with Gasteiger partial charge in [0.05, 0.1) is 5.02 Å². The molecule has 1 aromatic heterocycles. The Balaban J connectivity index is 2.00. The van der Waals surface area contributed by atoms with Crippen LogP contribution in [0.2, 0.25) is 5.02 Å². The Morgan fingerprint density at radius 3 is 2.89 bits per heavy atom. The third kappa shape index (κ3) is 2.98. The normalized spacial score (nSPS) is 10.3. The molecule has 1 aromatic carbocycles. The second-order valence-electron chi connectivity index (χ2n) is 3.62. The quantitative estimate of drug-likeness (QED) is 0.893. The van der Waals surface area contributed by atoms with Crippen molar-refractivity contribution in [3.8, 4) is 0 Å². The fourth-order valence-corrected chi connectivity index (χ4v) is 1.50. The first-order valence-corrected chi connectivity index (χ1v) is 5.46. The molecule has 1 amide bonds. The topological polar surface area (TPSA) is 72.9 Å². The summed E-state index contributed by atoms with van der Waals surface area (Å²) in [6.07, 6.45) is 1.58. The summed E-state index contributed by atoms with van der Waals surface area (Å²) >= 11 is 5.53. The standard InChI is InChI=1S/C11H10ClFN4O/c12-8-2-1-7(5-9(8)13)15-11(18)6-17-4-3-10(14)16-17/h1-5H,6H2,(H2,14,16)(H,15,18). The van der Waals surface area contributed by atoms with Gasteiger partial charge in [0.2, 0.25) is 5.91 Å². The summed E-state index contributed by atoms with van der Waals surface area (Å²) in [7, 11) is 0. The maximum atomic E-state index is 13.1. The van der Waals surface area contributed by atoms with Crippen molar-refractivity contribution in [2.24, 2.45) is 0 Å². The van der Waals surface area contributed by atoms with E-state index in [-0.39, 0.29) is 17.5 Å². The van der Waals surface area contributed by atoms with Gasteiger partial charge < -0.3 is 11.1 Å². The van der Waals surface area contributed by atoms with Crippen LogP contribution in [0.15, 0.2) is 30.5 Å². The van der Waals surface area contributed by atoms with Crippen LogP contribution in [-0.4, -0.2) is 15.7 Å². The highest BCUT2D eigenvalue weighted by atomic mass is 35.5. The molecule has 0 radical (unpaired) electrons. The number of halogens is 2. The van der Waals surface area contributed by atoms with Crippen LogP contribution in [0.1, 0.15) is 0 Å². The van der Waals surface area contributed by atoms with E-state index in [1.807, 2.05) is 0 Å². The molecule has 18 heavy (non-hydrogen) atoms. The van der Waals surface area contributed by atoms with Gasteiger partial charge in [0.15, 0.2) is 0 Å². The number of hydrogen-bond donors (Lipinski definition) is 2. The molecule has 0 spiro atoms. The van der Waals surface area contributed by atoms with Gasteiger partial charge in [-0.3, -0.25) is 9.48 Å². The van der Waals surface area contributed by atoms with E-state index in [0.717, 1.165) is 6.07 Å². The van der Waals surface area contributed by atoms with Crippen LogP contribution in [-0.2, 0) is 11.3 Å². The Morgan fingerprint density at radius 2 is 2.28 bits per heavy atom. The summed E-state index contributed by atoms with van der Waals surface area (Å²) < 4.78 is 14.5. The maximum absolute atomic E-state index is 13.1. The van der Waals surface area contributed by atoms with Crippen LogP contribution in [0, 0.1) is 5.82 Å². The van der Waals surface area contributed by atoms with E-state index in [2.05, 4.69) is 10.4 Å². The molecule has 0 saturated carbocycles. The largest absolute Gasteiger partial charge is 0.382 e. The second kappa shape index (κ2) is 5.05. The summed E-state index contributed by atoms with van der Waals surface area (Å²) in [5, 5.41) is 6.40. The van der Waals surface area contributed by atoms with Crippen LogP contribution in [0.25, 0.3) is 0 Å².